The summed E-state index contributed by atoms with van der Waals surface area (Å²) < 4.78 is 0.969. The first-order valence-corrected chi connectivity index (χ1v) is 7.31. The Morgan fingerprint density at radius 2 is 2.00 bits per heavy atom. The van der Waals surface area contributed by atoms with Gasteiger partial charge in [-0.2, -0.15) is 0 Å². The molecule has 1 aromatic carbocycles. The molecule has 0 amide bonds. The normalized spacial score (nSPS) is 12.7. The zero-order valence-corrected chi connectivity index (χ0v) is 12.9. The summed E-state index contributed by atoms with van der Waals surface area (Å²) in [5, 5.41) is 0. The maximum atomic E-state index is 6.29. The molecule has 0 aliphatic rings. The molecule has 0 saturated heterocycles. The average molecular weight is 319 g/mol. The Morgan fingerprint density at radius 3 is 2.63 bits per heavy atom. The molecule has 3 heteroatoms. The van der Waals surface area contributed by atoms with E-state index in [0.717, 1.165) is 22.2 Å². The minimum absolute atomic E-state index is 0.166. The molecule has 1 heterocycles. The van der Waals surface area contributed by atoms with Gasteiger partial charge in [-0.05, 0) is 51.5 Å². The second-order valence-corrected chi connectivity index (χ2v) is 6.14. The molecule has 2 rings (SSSR count). The molecule has 0 saturated carbocycles. The summed E-state index contributed by atoms with van der Waals surface area (Å²) in [4.78, 5) is 4.37. The number of hydrogen-bond donors (Lipinski definition) is 1. The van der Waals surface area contributed by atoms with Crippen molar-refractivity contribution in [2.75, 3.05) is 0 Å². The zero-order valence-electron chi connectivity index (χ0n) is 11.3. The highest BCUT2D eigenvalue weighted by Crippen LogP contribution is 2.21. The SMILES string of the molecule is CC(C)Cc1cccc(C(N)c2ccc(Br)cn2)c1. The van der Waals surface area contributed by atoms with Crippen LogP contribution in [0.1, 0.15) is 36.7 Å². The minimum Gasteiger partial charge on any atom is -0.319 e. The third-order valence-corrected chi connectivity index (χ3v) is 3.49. The number of benzene rings is 1. The Bertz CT molecular complexity index is 535. The molecule has 2 aromatic rings. The van der Waals surface area contributed by atoms with Crippen LogP contribution in [-0.4, -0.2) is 4.98 Å². The maximum absolute atomic E-state index is 6.29. The first-order valence-electron chi connectivity index (χ1n) is 6.52. The first-order chi connectivity index (χ1) is 9.06. The van der Waals surface area contributed by atoms with Crippen molar-refractivity contribution in [3.63, 3.8) is 0 Å². The Hall–Kier alpha value is -1.19. The fourth-order valence-corrected chi connectivity index (χ4v) is 2.36. The quantitative estimate of drug-likeness (QED) is 0.922. The smallest absolute Gasteiger partial charge is 0.0726 e. The van der Waals surface area contributed by atoms with E-state index in [-0.39, 0.29) is 6.04 Å². The fourth-order valence-electron chi connectivity index (χ4n) is 2.13. The molecule has 0 fully saturated rings. The molecule has 0 spiro atoms. The van der Waals surface area contributed by atoms with E-state index in [0.29, 0.717) is 5.92 Å². The van der Waals surface area contributed by atoms with Crippen LogP contribution in [0.2, 0.25) is 0 Å². The summed E-state index contributed by atoms with van der Waals surface area (Å²) in [6.45, 7) is 4.45. The number of nitrogens with zero attached hydrogens (tertiary/aromatic N) is 1. The van der Waals surface area contributed by atoms with Gasteiger partial charge in [0.05, 0.1) is 11.7 Å². The summed E-state index contributed by atoms with van der Waals surface area (Å²) in [7, 11) is 0. The monoisotopic (exact) mass is 318 g/mol. The molecule has 0 bridgehead atoms. The van der Waals surface area contributed by atoms with Gasteiger partial charge in [0.25, 0.3) is 0 Å². The van der Waals surface area contributed by atoms with E-state index >= 15 is 0 Å². The molecule has 1 unspecified atom stereocenters. The van der Waals surface area contributed by atoms with E-state index in [4.69, 9.17) is 5.73 Å². The standard InChI is InChI=1S/C16H19BrN2/c1-11(2)8-12-4-3-5-13(9-12)16(18)15-7-6-14(17)10-19-15/h3-7,9-11,16H,8,18H2,1-2H3. The van der Waals surface area contributed by atoms with Gasteiger partial charge in [-0.15, -0.1) is 0 Å². The van der Waals surface area contributed by atoms with Gasteiger partial charge in [-0.25, -0.2) is 0 Å². The molecule has 2 nitrogen and oxygen atoms in total. The van der Waals surface area contributed by atoms with E-state index in [1.807, 2.05) is 12.1 Å². The maximum Gasteiger partial charge on any atom is 0.0726 e. The molecule has 0 aliphatic heterocycles. The third kappa shape index (κ3) is 3.88. The van der Waals surface area contributed by atoms with Crippen LogP contribution in [-0.2, 0) is 6.42 Å². The van der Waals surface area contributed by atoms with Crippen LogP contribution in [0.4, 0.5) is 0 Å². The lowest BCUT2D eigenvalue weighted by Gasteiger charge is -2.13. The molecule has 19 heavy (non-hydrogen) atoms. The summed E-state index contributed by atoms with van der Waals surface area (Å²) in [6, 6.07) is 12.3. The van der Waals surface area contributed by atoms with Crippen molar-refractivity contribution in [1.82, 2.24) is 4.98 Å². The number of halogens is 1. The lowest BCUT2D eigenvalue weighted by atomic mass is 9.97. The zero-order chi connectivity index (χ0) is 13.8. The average Bonchev–Trinajstić information content (AvgIpc) is 2.38. The molecule has 1 aromatic heterocycles. The minimum atomic E-state index is -0.166. The van der Waals surface area contributed by atoms with Gasteiger partial charge in [-0.1, -0.05) is 38.1 Å². The predicted molar refractivity (Wildman–Crippen MR) is 83.0 cm³/mol. The van der Waals surface area contributed by atoms with Crippen molar-refractivity contribution in [2.45, 2.75) is 26.3 Å². The highest BCUT2D eigenvalue weighted by atomic mass is 79.9. The predicted octanol–water partition coefficient (Wildman–Crippen LogP) is 4.09. The van der Waals surface area contributed by atoms with Crippen molar-refractivity contribution < 1.29 is 0 Å². The second kappa shape index (κ2) is 6.31. The van der Waals surface area contributed by atoms with Gasteiger partial charge >= 0.3 is 0 Å². The number of nitrogens with two attached hydrogens (primary N) is 1. The van der Waals surface area contributed by atoms with Gasteiger partial charge in [-0.3, -0.25) is 4.98 Å². The third-order valence-electron chi connectivity index (χ3n) is 3.02. The van der Waals surface area contributed by atoms with E-state index in [2.05, 4.69) is 59.0 Å². The first kappa shape index (κ1) is 14.2. The molecular weight excluding hydrogens is 300 g/mol. The van der Waals surface area contributed by atoms with Crippen molar-refractivity contribution in [3.05, 3.63) is 63.9 Å². The van der Waals surface area contributed by atoms with Crippen molar-refractivity contribution in [3.8, 4) is 0 Å². The number of pyridine rings is 1. The van der Waals surface area contributed by atoms with Crippen molar-refractivity contribution in [1.29, 1.82) is 0 Å². The van der Waals surface area contributed by atoms with E-state index in [9.17, 15) is 0 Å². The van der Waals surface area contributed by atoms with Gasteiger partial charge in [0.2, 0.25) is 0 Å². The number of hydrogen-bond acceptors (Lipinski definition) is 2. The summed E-state index contributed by atoms with van der Waals surface area (Å²) in [5.41, 5.74) is 9.63. The molecule has 100 valence electrons. The fraction of sp³-hybridized carbons (Fsp3) is 0.312. The highest BCUT2D eigenvalue weighted by molar-refractivity contribution is 9.10. The molecule has 2 N–H and O–H groups in total. The number of aromatic nitrogens is 1. The van der Waals surface area contributed by atoms with Gasteiger partial charge in [0, 0.05) is 10.7 Å². The van der Waals surface area contributed by atoms with Crippen LogP contribution in [0.25, 0.3) is 0 Å². The summed E-state index contributed by atoms with van der Waals surface area (Å²) >= 11 is 3.39. The van der Waals surface area contributed by atoms with Gasteiger partial charge in [0.1, 0.15) is 0 Å². The Labute approximate surface area is 123 Å². The molecule has 0 aliphatic carbocycles. The van der Waals surface area contributed by atoms with Crippen LogP contribution in [0, 0.1) is 5.92 Å². The topological polar surface area (TPSA) is 38.9 Å². The lowest BCUT2D eigenvalue weighted by molar-refractivity contribution is 0.646. The molecule has 1 atom stereocenters. The Balaban J connectivity index is 2.23. The van der Waals surface area contributed by atoms with Crippen molar-refractivity contribution in [2.24, 2.45) is 11.7 Å². The second-order valence-electron chi connectivity index (χ2n) is 5.22. The lowest BCUT2D eigenvalue weighted by Crippen LogP contribution is -2.13. The summed E-state index contributed by atoms with van der Waals surface area (Å²) in [6.07, 6.45) is 2.86. The van der Waals surface area contributed by atoms with Gasteiger partial charge < -0.3 is 5.73 Å². The Morgan fingerprint density at radius 1 is 1.21 bits per heavy atom. The van der Waals surface area contributed by atoms with E-state index in [1.165, 1.54) is 5.56 Å². The Kier molecular flexibility index (Phi) is 4.72. The van der Waals surface area contributed by atoms with E-state index < -0.39 is 0 Å². The highest BCUT2D eigenvalue weighted by Gasteiger charge is 2.11. The van der Waals surface area contributed by atoms with Crippen LogP contribution in [0.15, 0.2) is 47.1 Å². The van der Waals surface area contributed by atoms with Crippen molar-refractivity contribution >= 4 is 15.9 Å². The molecule has 0 radical (unpaired) electrons. The summed E-state index contributed by atoms with van der Waals surface area (Å²) in [5.74, 6) is 0.650. The van der Waals surface area contributed by atoms with Crippen LogP contribution >= 0.6 is 15.9 Å². The van der Waals surface area contributed by atoms with Crippen LogP contribution < -0.4 is 5.73 Å². The van der Waals surface area contributed by atoms with Crippen LogP contribution in [0.5, 0.6) is 0 Å². The van der Waals surface area contributed by atoms with Gasteiger partial charge in [0.15, 0.2) is 0 Å². The molecular formula is C16H19BrN2. The van der Waals surface area contributed by atoms with Crippen LogP contribution in [0.3, 0.4) is 0 Å². The van der Waals surface area contributed by atoms with E-state index in [1.54, 1.807) is 6.20 Å². The largest absolute Gasteiger partial charge is 0.319 e. The number of rotatable bonds is 4.